The quantitative estimate of drug-likeness (QED) is 0.758. The van der Waals surface area contributed by atoms with Gasteiger partial charge >= 0.3 is 0 Å². The monoisotopic (exact) mass is 229 g/mol. The summed E-state index contributed by atoms with van der Waals surface area (Å²) >= 11 is 0. The second kappa shape index (κ2) is 6.58. The molecule has 2 atom stereocenters. The maximum Gasteiger partial charge on any atom is 0.0754 e. The van der Waals surface area contributed by atoms with E-state index >= 15 is 0 Å². The minimum atomic E-state index is -0.0731. The maximum absolute atomic E-state index is 6.17. The highest BCUT2D eigenvalue weighted by molar-refractivity contribution is 4.79. The van der Waals surface area contributed by atoms with E-state index in [9.17, 15) is 0 Å². The molecule has 1 saturated carbocycles. The largest absolute Gasteiger partial charge is 0.381 e. The van der Waals surface area contributed by atoms with Gasteiger partial charge in [-0.2, -0.15) is 0 Å². The van der Waals surface area contributed by atoms with Gasteiger partial charge in [-0.25, -0.2) is 0 Å². The SMILES string of the molecule is CCNCC(C)(C)OC1CCCC(OC)C1. The Kier molecular flexibility index (Phi) is 5.73. The molecule has 16 heavy (non-hydrogen) atoms. The van der Waals surface area contributed by atoms with Gasteiger partial charge in [-0.05, 0) is 46.1 Å². The molecule has 1 N–H and O–H groups in total. The van der Waals surface area contributed by atoms with Crippen LogP contribution in [0.15, 0.2) is 0 Å². The van der Waals surface area contributed by atoms with E-state index in [1.54, 1.807) is 7.11 Å². The molecule has 0 saturated heterocycles. The molecule has 96 valence electrons. The van der Waals surface area contributed by atoms with Crippen molar-refractivity contribution in [1.29, 1.82) is 0 Å². The summed E-state index contributed by atoms with van der Waals surface area (Å²) in [5, 5.41) is 3.35. The summed E-state index contributed by atoms with van der Waals surface area (Å²) in [6.07, 6.45) is 5.40. The van der Waals surface area contributed by atoms with Crippen LogP contribution in [-0.2, 0) is 9.47 Å². The molecule has 0 aromatic carbocycles. The fraction of sp³-hybridized carbons (Fsp3) is 1.00. The Morgan fingerprint density at radius 3 is 2.56 bits per heavy atom. The van der Waals surface area contributed by atoms with E-state index in [0.717, 1.165) is 19.5 Å². The zero-order valence-electron chi connectivity index (χ0n) is 11.2. The lowest BCUT2D eigenvalue weighted by Crippen LogP contribution is -2.42. The highest BCUT2D eigenvalue weighted by atomic mass is 16.5. The third-order valence-corrected chi connectivity index (χ3v) is 3.20. The average molecular weight is 229 g/mol. The molecule has 3 nitrogen and oxygen atoms in total. The van der Waals surface area contributed by atoms with E-state index < -0.39 is 0 Å². The Bertz CT molecular complexity index is 194. The molecular formula is C13H27NO2. The predicted molar refractivity (Wildman–Crippen MR) is 66.8 cm³/mol. The van der Waals surface area contributed by atoms with Crippen LogP contribution in [0.2, 0.25) is 0 Å². The van der Waals surface area contributed by atoms with Crippen LogP contribution in [0.25, 0.3) is 0 Å². The van der Waals surface area contributed by atoms with Gasteiger partial charge in [0.05, 0.1) is 17.8 Å². The molecule has 1 rings (SSSR count). The summed E-state index contributed by atoms with van der Waals surface area (Å²) in [4.78, 5) is 0. The Balaban J connectivity index is 2.34. The van der Waals surface area contributed by atoms with Crippen molar-refractivity contribution in [3.8, 4) is 0 Å². The predicted octanol–water partition coefficient (Wildman–Crippen LogP) is 2.35. The highest BCUT2D eigenvalue weighted by Crippen LogP contribution is 2.26. The Hall–Kier alpha value is -0.120. The lowest BCUT2D eigenvalue weighted by molar-refractivity contribution is -0.104. The second-order valence-corrected chi connectivity index (χ2v) is 5.30. The molecule has 3 heteroatoms. The van der Waals surface area contributed by atoms with Crippen molar-refractivity contribution in [2.24, 2.45) is 0 Å². The molecule has 0 aromatic heterocycles. The number of likely N-dealkylation sites (N-methyl/N-ethyl adjacent to an activating group) is 1. The summed E-state index contributed by atoms with van der Waals surface area (Å²) in [5.41, 5.74) is -0.0731. The van der Waals surface area contributed by atoms with Crippen molar-refractivity contribution in [1.82, 2.24) is 5.32 Å². The molecule has 0 spiro atoms. The first kappa shape index (κ1) is 13.9. The molecule has 0 bridgehead atoms. The van der Waals surface area contributed by atoms with E-state index in [4.69, 9.17) is 9.47 Å². The van der Waals surface area contributed by atoms with Crippen LogP contribution in [0.5, 0.6) is 0 Å². The fourth-order valence-corrected chi connectivity index (χ4v) is 2.34. The lowest BCUT2D eigenvalue weighted by Gasteiger charge is -2.35. The summed E-state index contributed by atoms with van der Waals surface area (Å²) in [6.45, 7) is 8.35. The molecule has 0 radical (unpaired) electrons. The van der Waals surface area contributed by atoms with E-state index in [1.807, 2.05) is 0 Å². The molecule has 1 aliphatic rings. The standard InChI is InChI=1S/C13H27NO2/c1-5-14-10-13(2,3)16-12-8-6-7-11(9-12)15-4/h11-12,14H,5-10H2,1-4H3. The molecule has 0 aliphatic heterocycles. The summed E-state index contributed by atoms with van der Waals surface area (Å²) in [5.74, 6) is 0. The van der Waals surface area contributed by atoms with Gasteiger partial charge in [-0.3, -0.25) is 0 Å². The van der Waals surface area contributed by atoms with Crippen molar-refractivity contribution < 1.29 is 9.47 Å². The molecular weight excluding hydrogens is 202 g/mol. The first-order chi connectivity index (χ1) is 7.57. The summed E-state index contributed by atoms with van der Waals surface area (Å²) in [6, 6.07) is 0. The van der Waals surface area contributed by atoms with Crippen LogP contribution in [-0.4, -0.2) is 38.0 Å². The summed E-state index contributed by atoms with van der Waals surface area (Å²) < 4.78 is 11.6. The van der Waals surface area contributed by atoms with Gasteiger partial charge in [-0.15, -0.1) is 0 Å². The molecule has 0 amide bonds. The van der Waals surface area contributed by atoms with Gasteiger partial charge in [0.1, 0.15) is 0 Å². The molecule has 1 aliphatic carbocycles. The van der Waals surface area contributed by atoms with Crippen molar-refractivity contribution in [3.05, 3.63) is 0 Å². The van der Waals surface area contributed by atoms with Gasteiger partial charge in [0, 0.05) is 13.7 Å². The van der Waals surface area contributed by atoms with Crippen LogP contribution in [0.4, 0.5) is 0 Å². The van der Waals surface area contributed by atoms with E-state index in [-0.39, 0.29) is 5.60 Å². The van der Waals surface area contributed by atoms with Crippen molar-refractivity contribution in [2.75, 3.05) is 20.2 Å². The normalized spacial score (nSPS) is 27.0. The zero-order chi connectivity index (χ0) is 12.0. The minimum absolute atomic E-state index is 0.0731. The Morgan fingerprint density at radius 2 is 1.94 bits per heavy atom. The molecule has 2 unspecified atom stereocenters. The highest BCUT2D eigenvalue weighted by Gasteiger charge is 2.28. The summed E-state index contributed by atoms with van der Waals surface area (Å²) in [7, 11) is 1.80. The van der Waals surface area contributed by atoms with E-state index in [2.05, 4.69) is 26.1 Å². The number of methoxy groups -OCH3 is 1. The van der Waals surface area contributed by atoms with Crippen LogP contribution in [0, 0.1) is 0 Å². The molecule has 1 fully saturated rings. The maximum atomic E-state index is 6.17. The third-order valence-electron chi connectivity index (χ3n) is 3.20. The van der Waals surface area contributed by atoms with E-state index in [1.165, 1.54) is 19.3 Å². The number of ether oxygens (including phenoxy) is 2. The molecule has 0 heterocycles. The van der Waals surface area contributed by atoms with Crippen molar-refractivity contribution >= 4 is 0 Å². The number of hydrogen-bond acceptors (Lipinski definition) is 3. The number of rotatable bonds is 6. The van der Waals surface area contributed by atoms with Gasteiger partial charge in [0.25, 0.3) is 0 Å². The minimum Gasteiger partial charge on any atom is -0.381 e. The van der Waals surface area contributed by atoms with Crippen LogP contribution >= 0.6 is 0 Å². The lowest BCUT2D eigenvalue weighted by atomic mass is 9.94. The Labute approximate surface area is 99.9 Å². The van der Waals surface area contributed by atoms with Crippen molar-refractivity contribution in [3.63, 3.8) is 0 Å². The van der Waals surface area contributed by atoms with Crippen LogP contribution in [0.1, 0.15) is 46.5 Å². The first-order valence-corrected chi connectivity index (χ1v) is 6.48. The zero-order valence-corrected chi connectivity index (χ0v) is 11.2. The second-order valence-electron chi connectivity index (χ2n) is 5.30. The van der Waals surface area contributed by atoms with Gasteiger partial charge in [-0.1, -0.05) is 6.92 Å². The number of hydrogen-bond donors (Lipinski definition) is 1. The van der Waals surface area contributed by atoms with E-state index in [0.29, 0.717) is 12.2 Å². The van der Waals surface area contributed by atoms with Gasteiger partial charge < -0.3 is 14.8 Å². The van der Waals surface area contributed by atoms with Crippen LogP contribution < -0.4 is 5.32 Å². The van der Waals surface area contributed by atoms with Gasteiger partial charge in [0.15, 0.2) is 0 Å². The average Bonchev–Trinajstić information content (AvgIpc) is 2.26. The van der Waals surface area contributed by atoms with Crippen LogP contribution in [0.3, 0.4) is 0 Å². The third kappa shape index (κ3) is 4.81. The van der Waals surface area contributed by atoms with Gasteiger partial charge in [0.2, 0.25) is 0 Å². The fourth-order valence-electron chi connectivity index (χ4n) is 2.34. The van der Waals surface area contributed by atoms with Crippen molar-refractivity contribution in [2.45, 2.75) is 64.3 Å². The smallest absolute Gasteiger partial charge is 0.0754 e. The molecule has 0 aromatic rings. The number of nitrogens with one attached hydrogen (secondary N) is 1. The Morgan fingerprint density at radius 1 is 1.25 bits per heavy atom. The first-order valence-electron chi connectivity index (χ1n) is 6.48. The topological polar surface area (TPSA) is 30.5 Å².